The van der Waals surface area contributed by atoms with Gasteiger partial charge in [-0.1, -0.05) is 12.2 Å². The van der Waals surface area contributed by atoms with E-state index in [1.165, 1.54) is 19.6 Å². The molecule has 1 aliphatic carbocycles. The fraction of sp³-hybridized carbons (Fsp3) is 0.538. The van der Waals surface area contributed by atoms with Crippen LogP contribution in [0.1, 0.15) is 50.5 Å². The summed E-state index contributed by atoms with van der Waals surface area (Å²) >= 11 is 1.68. The maximum Gasteiger partial charge on any atom is 0.418 e. The molecule has 0 spiro atoms. The number of aliphatic imine (C=N–C) groups is 1. The van der Waals surface area contributed by atoms with Gasteiger partial charge in [-0.15, -0.1) is 0 Å². The molecule has 0 fully saturated rings. The average Bonchev–Trinajstić information content (AvgIpc) is 3.33. The molecule has 3 unspecified atom stereocenters. The number of hydrogen-bond acceptors (Lipinski definition) is 6. The quantitative estimate of drug-likeness (QED) is 0.331. The second-order valence-corrected chi connectivity index (χ2v) is 9.90. The van der Waals surface area contributed by atoms with Crippen molar-refractivity contribution in [2.24, 2.45) is 16.8 Å². The number of carbonyl (C=O) groups excluding carboxylic acids is 1. The number of carbonyl (C=O) groups is 1. The molecule has 2 heterocycles. The second kappa shape index (κ2) is 12.7. The van der Waals surface area contributed by atoms with E-state index >= 15 is 0 Å². The van der Waals surface area contributed by atoms with E-state index in [-0.39, 0.29) is 42.6 Å². The average molecular weight is 512 g/mol. The van der Waals surface area contributed by atoms with Gasteiger partial charge >= 0.3 is 6.18 Å². The SMILES string of the molecule is COC(O)C(CCCC(=O)CC1=CC2CC=C(c3ccoc3)C=C(C(F)(F)F)C(=N1)C2)CCSC. The Kier molecular flexibility index (Phi) is 10.0. The molecular formula is C26H32F3NO4S. The van der Waals surface area contributed by atoms with Crippen LogP contribution in [0.5, 0.6) is 0 Å². The van der Waals surface area contributed by atoms with E-state index in [9.17, 15) is 23.1 Å². The van der Waals surface area contributed by atoms with E-state index in [2.05, 4.69) is 4.99 Å². The second-order valence-electron chi connectivity index (χ2n) is 8.92. The van der Waals surface area contributed by atoms with E-state index < -0.39 is 18.0 Å². The predicted octanol–water partition coefficient (Wildman–Crippen LogP) is 6.36. The first kappa shape index (κ1) is 27.5. The lowest BCUT2D eigenvalue weighted by Crippen LogP contribution is -2.25. The molecule has 0 radical (unpaired) electrons. The van der Waals surface area contributed by atoms with Gasteiger partial charge in [-0.2, -0.15) is 24.9 Å². The van der Waals surface area contributed by atoms with Gasteiger partial charge in [-0.05, 0) is 67.7 Å². The summed E-state index contributed by atoms with van der Waals surface area (Å²) in [5.74, 6) is 0.596. The van der Waals surface area contributed by atoms with Crippen molar-refractivity contribution in [3.63, 3.8) is 0 Å². The Morgan fingerprint density at radius 2 is 2.17 bits per heavy atom. The number of aliphatic hydroxyl groups is 1. The minimum atomic E-state index is -4.57. The summed E-state index contributed by atoms with van der Waals surface area (Å²) in [6.07, 6.45) is 7.18. The lowest BCUT2D eigenvalue weighted by Gasteiger charge is -2.25. The molecule has 5 nitrogen and oxygen atoms in total. The maximum absolute atomic E-state index is 14.0. The Hall–Kier alpha value is -2.10. The fourth-order valence-corrected chi connectivity index (χ4v) is 4.99. The van der Waals surface area contributed by atoms with Gasteiger partial charge in [0.2, 0.25) is 0 Å². The van der Waals surface area contributed by atoms with Gasteiger partial charge in [-0.3, -0.25) is 9.79 Å². The molecule has 0 amide bonds. The number of alkyl halides is 3. The summed E-state index contributed by atoms with van der Waals surface area (Å²) in [6, 6.07) is 1.63. The standard InChI is InChI=1S/C26H32F3NO4S/c1-33-25(32)18(9-11-35-2)4-3-5-22(31)15-21-12-17-6-7-19(20-8-10-34-16-20)14-23(26(27,28)29)24(13-17)30-21/h7-8,10,12,14,16-18,25,32H,3-6,9,11,13,15H2,1-2H3. The number of nitrogens with zero attached hydrogens (tertiary/aromatic N) is 1. The summed E-state index contributed by atoms with van der Waals surface area (Å²) in [5.41, 5.74) is 0.624. The van der Waals surface area contributed by atoms with Crippen LogP contribution in [0.2, 0.25) is 0 Å². The molecule has 1 aromatic rings. The van der Waals surface area contributed by atoms with E-state index in [0.29, 0.717) is 36.1 Å². The van der Waals surface area contributed by atoms with Crippen LogP contribution in [0.25, 0.3) is 5.57 Å². The van der Waals surface area contributed by atoms with Crippen LogP contribution in [0.4, 0.5) is 13.2 Å². The molecule has 0 aromatic carbocycles. The summed E-state index contributed by atoms with van der Waals surface area (Å²) in [7, 11) is 1.45. The number of halogens is 3. The molecule has 3 rings (SSSR count). The van der Waals surface area contributed by atoms with Crippen LogP contribution < -0.4 is 0 Å². The first-order chi connectivity index (χ1) is 16.7. The minimum Gasteiger partial charge on any atom is -0.472 e. The number of fused-ring (bicyclic) bond motifs is 2. The van der Waals surface area contributed by atoms with Gasteiger partial charge in [0.05, 0.1) is 23.8 Å². The van der Waals surface area contributed by atoms with Crippen LogP contribution in [0, 0.1) is 11.8 Å². The van der Waals surface area contributed by atoms with Crippen molar-refractivity contribution in [3.05, 3.63) is 53.7 Å². The van der Waals surface area contributed by atoms with Gasteiger partial charge in [0.15, 0.2) is 6.29 Å². The van der Waals surface area contributed by atoms with Gasteiger partial charge in [0, 0.05) is 37.1 Å². The first-order valence-electron chi connectivity index (χ1n) is 11.7. The van der Waals surface area contributed by atoms with Gasteiger partial charge in [0.25, 0.3) is 0 Å². The number of furan rings is 1. The monoisotopic (exact) mass is 511 g/mol. The summed E-state index contributed by atoms with van der Waals surface area (Å²) in [5, 5.41) is 10.0. The van der Waals surface area contributed by atoms with Crippen LogP contribution in [-0.4, -0.2) is 48.2 Å². The van der Waals surface area contributed by atoms with Crippen molar-refractivity contribution in [1.29, 1.82) is 0 Å². The van der Waals surface area contributed by atoms with E-state index in [1.807, 2.05) is 12.3 Å². The number of allylic oxidation sites excluding steroid dienone is 6. The lowest BCUT2D eigenvalue weighted by atomic mass is 9.85. The van der Waals surface area contributed by atoms with Crippen LogP contribution in [0.3, 0.4) is 0 Å². The highest BCUT2D eigenvalue weighted by molar-refractivity contribution is 7.98. The molecular weight excluding hydrogens is 479 g/mol. The Morgan fingerprint density at radius 3 is 2.83 bits per heavy atom. The van der Waals surface area contributed by atoms with Crippen molar-refractivity contribution < 1.29 is 32.2 Å². The smallest absolute Gasteiger partial charge is 0.418 e. The van der Waals surface area contributed by atoms with Gasteiger partial charge in [-0.25, -0.2) is 0 Å². The number of aliphatic hydroxyl groups excluding tert-OH is 1. The summed E-state index contributed by atoms with van der Waals surface area (Å²) in [4.78, 5) is 16.9. The molecule has 0 saturated heterocycles. The molecule has 35 heavy (non-hydrogen) atoms. The van der Waals surface area contributed by atoms with Crippen molar-refractivity contribution in [3.8, 4) is 0 Å². The summed E-state index contributed by atoms with van der Waals surface area (Å²) in [6.45, 7) is 0. The van der Waals surface area contributed by atoms with E-state index in [4.69, 9.17) is 9.15 Å². The normalized spacial score (nSPS) is 20.1. The Balaban J connectivity index is 1.68. The number of hydrogen-bond donors (Lipinski definition) is 1. The predicted molar refractivity (Wildman–Crippen MR) is 132 cm³/mol. The molecule has 1 aromatic heterocycles. The fourth-order valence-electron chi connectivity index (χ4n) is 4.45. The Bertz CT molecular complexity index is 979. The molecule has 0 saturated carbocycles. The zero-order valence-corrected chi connectivity index (χ0v) is 20.8. The van der Waals surface area contributed by atoms with Crippen molar-refractivity contribution in [2.75, 3.05) is 19.1 Å². The lowest BCUT2D eigenvalue weighted by molar-refractivity contribution is -0.121. The van der Waals surface area contributed by atoms with E-state index in [0.717, 1.165) is 18.2 Å². The van der Waals surface area contributed by atoms with E-state index in [1.54, 1.807) is 23.9 Å². The van der Waals surface area contributed by atoms with Gasteiger partial charge in [0.1, 0.15) is 5.78 Å². The number of Topliss-reactive ketones (excluding diaryl/α,β-unsaturated/α-hetero) is 1. The zero-order valence-electron chi connectivity index (χ0n) is 20.0. The summed E-state index contributed by atoms with van der Waals surface area (Å²) < 4.78 is 52.0. The molecule has 3 atom stereocenters. The molecule has 9 heteroatoms. The maximum atomic E-state index is 14.0. The van der Waals surface area contributed by atoms with Crippen molar-refractivity contribution >= 4 is 28.8 Å². The zero-order chi connectivity index (χ0) is 25.4. The number of ketones is 1. The van der Waals surface area contributed by atoms with Crippen LogP contribution in [0.15, 0.2) is 57.5 Å². The third-order valence-electron chi connectivity index (χ3n) is 6.32. The third-order valence-corrected chi connectivity index (χ3v) is 6.96. The molecule has 1 N–H and O–H groups in total. The third kappa shape index (κ3) is 7.95. The van der Waals surface area contributed by atoms with Crippen LogP contribution in [-0.2, 0) is 9.53 Å². The Labute approximate surface area is 208 Å². The highest BCUT2D eigenvalue weighted by Gasteiger charge is 2.39. The molecule has 192 valence electrons. The molecule has 1 aliphatic heterocycles. The number of ether oxygens (including phenoxy) is 1. The minimum absolute atomic E-state index is 0.00570. The molecule has 2 bridgehead atoms. The Morgan fingerprint density at radius 1 is 1.37 bits per heavy atom. The topological polar surface area (TPSA) is 72.0 Å². The largest absolute Gasteiger partial charge is 0.472 e. The number of thioether (sulfide) groups is 1. The number of methoxy groups -OCH3 is 1. The van der Waals surface area contributed by atoms with Crippen molar-refractivity contribution in [1.82, 2.24) is 0 Å². The van der Waals surface area contributed by atoms with Crippen molar-refractivity contribution in [2.45, 2.75) is 57.4 Å². The highest BCUT2D eigenvalue weighted by atomic mass is 32.2. The van der Waals surface area contributed by atoms with Crippen LogP contribution >= 0.6 is 11.8 Å². The first-order valence-corrected chi connectivity index (χ1v) is 13.1. The molecule has 2 aliphatic rings. The van der Waals surface area contributed by atoms with Gasteiger partial charge < -0.3 is 14.3 Å². The number of rotatable bonds is 12. The highest BCUT2D eigenvalue weighted by Crippen LogP contribution is 2.37.